The fraction of sp³-hybridized carbons (Fsp3) is 0.190. The maximum atomic E-state index is 11.7. The summed E-state index contributed by atoms with van der Waals surface area (Å²) in [5, 5.41) is 3.24. The molecule has 0 aliphatic carbocycles. The van der Waals surface area contributed by atoms with E-state index in [1.807, 2.05) is 29.2 Å². The average Bonchev–Trinajstić information content (AvgIpc) is 2.78. The Hall–Kier alpha value is -3.81. The van der Waals surface area contributed by atoms with E-state index in [1.54, 1.807) is 37.6 Å². The summed E-state index contributed by atoms with van der Waals surface area (Å²) in [6.07, 6.45) is 1.71. The van der Waals surface area contributed by atoms with Crippen molar-refractivity contribution in [2.24, 2.45) is 0 Å². The highest BCUT2D eigenvalue weighted by atomic mass is 16.5. The van der Waals surface area contributed by atoms with Gasteiger partial charge in [0, 0.05) is 17.8 Å². The molecular weight excluding hydrogens is 372 g/mol. The van der Waals surface area contributed by atoms with Crippen LogP contribution in [-0.4, -0.2) is 43.3 Å². The van der Waals surface area contributed by atoms with Gasteiger partial charge in [-0.25, -0.2) is 9.78 Å². The minimum Gasteiger partial charge on any atom is -0.488 e. The van der Waals surface area contributed by atoms with Gasteiger partial charge in [0.15, 0.2) is 11.6 Å². The molecule has 0 unspecified atom stereocenters. The van der Waals surface area contributed by atoms with Gasteiger partial charge in [-0.2, -0.15) is 4.98 Å². The average molecular weight is 392 g/mol. The number of methoxy groups -OCH3 is 2. The van der Waals surface area contributed by atoms with E-state index >= 15 is 0 Å². The summed E-state index contributed by atoms with van der Waals surface area (Å²) >= 11 is 0. The highest BCUT2D eigenvalue weighted by Gasteiger charge is 2.23. The Balaban J connectivity index is 1.59. The van der Waals surface area contributed by atoms with Crippen LogP contribution < -0.4 is 19.7 Å². The van der Waals surface area contributed by atoms with Crippen LogP contribution in [0, 0.1) is 0 Å². The van der Waals surface area contributed by atoms with Crippen LogP contribution in [0.1, 0.15) is 10.4 Å². The van der Waals surface area contributed by atoms with Crippen molar-refractivity contribution in [1.29, 1.82) is 0 Å². The Bertz CT molecular complexity index is 1040. The van der Waals surface area contributed by atoms with Crippen molar-refractivity contribution in [3.63, 3.8) is 0 Å². The third kappa shape index (κ3) is 3.91. The molecule has 1 aliphatic rings. The number of rotatable bonds is 5. The molecule has 0 saturated heterocycles. The predicted octanol–water partition coefficient (Wildman–Crippen LogP) is 3.55. The van der Waals surface area contributed by atoms with E-state index in [9.17, 15) is 4.79 Å². The molecule has 1 aromatic carbocycles. The van der Waals surface area contributed by atoms with Gasteiger partial charge < -0.3 is 24.4 Å². The Kier molecular flexibility index (Phi) is 5.15. The maximum Gasteiger partial charge on any atom is 0.337 e. The Morgan fingerprint density at radius 3 is 2.83 bits per heavy atom. The van der Waals surface area contributed by atoms with E-state index in [2.05, 4.69) is 15.3 Å². The van der Waals surface area contributed by atoms with Gasteiger partial charge in [0.1, 0.15) is 12.4 Å². The fourth-order valence-corrected chi connectivity index (χ4v) is 3.07. The monoisotopic (exact) mass is 392 g/mol. The molecule has 3 aromatic rings. The summed E-state index contributed by atoms with van der Waals surface area (Å²) < 4.78 is 15.8. The molecule has 0 fully saturated rings. The van der Waals surface area contributed by atoms with Crippen LogP contribution in [-0.2, 0) is 4.74 Å². The highest BCUT2D eigenvalue weighted by molar-refractivity contribution is 5.90. The second kappa shape index (κ2) is 8.05. The first-order chi connectivity index (χ1) is 14.2. The second-order valence-corrected chi connectivity index (χ2v) is 6.28. The number of esters is 1. The highest BCUT2D eigenvalue weighted by Crippen LogP contribution is 2.36. The number of benzene rings is 1. The summed E-state index contributed by atoms with van der Waals surface area (Å²) in [5.41, 5.74) is 1.96. The van der Waals surface area contributed by atoms with Gasteiger partial charge in [-0.1, -0.05) is 12.1 Å². The molecule has 1 N–H and O–H groups in total. The van der Waals surface area contributed by atoms with Gasteiger partial charge in [0.25, 0.3) is 0 Å². The van der Waals surface area contributed by atoms with Crippen molar-refractivity contribution >= 4 is 29.0 Å². The zero-order chi connectivity index (χ0) is 20.2. The molecule has 0 spiro atoms. The second-order valence-electron chi connectivity index (χ2n) is 6.28. The van der Waals surface area contributed by atoms with Crippen LogP contribution in [0.25, 0.3) is 0 Å². The van der Waals surface area contributed by atoms with Crippen LogP contribution in [0.2, 0.25) is 0 Å². The largest absolute Gasteiger partial charge is 0.488 e. The normalized spacial score (nSPS) is 12.6. The summed E-state index contributed by atoms with van der Waals surface area (Å²) in [5.74, 6) is 2.23. The third-order valence-electron chi connectivity index (χ3n) is 4.43. The molecule has 8 nitrogen and oxygen atoms in total. The molecule has 0 bridgehead atoms. The third-order valence-corrected chi connectivity index (χ3v) is 4.43. The molecule has 29 heavy (non-hydrogen) atoms. The number of hydrogen-bond donors (Lipinski definition) is 1. The molecule has 0 saturated carbocycles. The molecule has 1 aliphatic heterocycles. The topological polar surface area (TPSA) is 85.8 Å². The zero-order valence-electron chi connectivity index (χ0n) is 16.1. The number of hydrogen-bond acceptors (Lipinski definition) is 8. The number of nitrogens with one attached hydrogen (secondary N) is 1. The molecular formula is C21H20N4O4. The van der Waals surface area contributed by atoms with Gasteiger partial charge in [-0.15, -0.1) is 0 Å². The maximum absolute atomic E-state index is 11.7. The number of anilines is 4. The van der Waals surface area contributed by atoms with Gasteiger partial charge >= 0.3 is 5.97 Å². The molecule has 2 aromatic heterocycles. The van der Waals surface area contributed by atoms with Crippen molar-refractivity contribution in [2.75, 3.05) is 37.6 Å². The van der Waals surface area contributed by atoms with Crippen LogP contribution in [0.4, 0.5) is 23.0 Å². The minimum atomic E-state index is -0.387. The van der Waals surface area contributed by atoms with E-state index in [0.29, 0.717) is 36.2 Å². The summed E-state index contributed by atoms with van der Waals surface area (Å²) in [6, 6.07) is 14.5. The van der Waals surface area contributed by atoms with Crippen molar-refractivity contribution in [3.05, 3.63) is 60.3 Å². The zero-order valence-corrected chi connectivity index (χ0v) is 16.1. The van der Waals surface area contributed by atoms with Crippen molar-refractivity contribution in [2.45, 2.75) is 0 Å². The summed E-state index contributed by atoms with van der Waals surface area (Å²) in [7, 11) is 2.95. The van der Waals surface area contributed by atoms with Gasteiger partial charge in [-0.3, -0.25) is 0 Å². The number of nitrogens with zero attached hydrogens (tertiary/aromatic N) is 3. The number of carbonyl (C=O) groups excluding carboxylic acids is 1. The minimum absolute atomic E-state index is 0.387. The van der Waals surface area contributed by atoms with Crippen molar-refractivity contribution in [1.82, 2.24) is 9.97 Å². The number of carbonyl (C=O) groups is 1. The lowest BCUT2D eigenvalue weighted by atomic mass is 10.2. The van der Waals surface area contributed by atoms with Crippen LogP contribution >= 0.6 is 0 Å². The first-order valence-corrected chi connectivity index (χ1v) is 9.05. The summed E-state index contributed by atoms with van der Waals surface area (Å²) in [4.78, 5) is 22.8. The van der Waals surface area contributed by atoms with Crippen molar-refractivity contribution < 1.29 is 19.0 Å². The van der Waals surface area contributed by atoms with Crippen LogP contribution in [0.15, 0.2) is 54.7 Å². The van der Waals surface area contributed by atoms with Gasteiger partial charge in [0.05, 0.1) is 38.2 Å². The van der Waals surface area contributed by atoms with E-state index in [1.165, 1.54) is 7.11 Å². The Morgan fingerprint density at radius 2 is 2.00 bits per heavy atom. The molecule has 0 radical (unpaired) electrons. The molecule has 148 valence electrons. The van der Waals surface area contributed by atoms with Crippen molar-refractivity contribution in [3.8, 4) is 11.6 Å². The molecule has 0 amide bonds. The number of fused-ring (bicyclic) bond motifs is 1. The Morgan fingerprint density at radius 1 is 1.14 bits per heavy atom. The molecule has 3 heterocycles. The SMILES string of the molecule is COC(=O)c1cccc(Nc2cnc3c(c2)OCCN3c2cccc(OC)n2)c1. The smallest absolute Gasteiger partial charge is 0.337 e. The summed E-state index contributed by atoms with van der Waals surface area (Å²) in [6.45, 7) is 1.14. The standard InChI is InChI=1S/C21H20N4O4/c1-27-19-8-4-7-18(24-19)25-9-10-29-17-12-16(13-22-20(17)25)23-15-6-3-5-14(11-15)21(26)28-2/h3-8,11-13,23H,9-10H2,1-2H3. The van der Waals surface area contributed by atoms with E-state index in [0.717, 1.165) is 17.2 Å². The number of aromatic nitrogens is 2. The van der Waals surface area contributed by atoms with E-state index in [4.69, 9.17) is 14.2 Å². The Labute approximate surface area is 168 Å². The first-order valence-electron chi connectivity index (χ1n) is 9.05. The van der Waals surface area contributed by atoms with E-state index in [-0.39, 0.29) is 5.97 Å². The molecule has 0 atom stereocenters. The van der Waals surface area contributed by atoms with Crippen LogP contribution in [0.5, 0.6) is 11.6 Å². The molecule has 8 heteroatoms. The lowest BCUT2D eigenvalue weighted by Gasteiger charge is -2.29. The van der Waals surface area contributed by atoms with Crippen LogP contribution in [0.3, 0.4) is 0 Å². The van der Waals surface area contributed by atoms with Gasteiger partial charge in [0.2, 0.25) is 5.88 Å². The lowest BCUT2D eigenvalue weighted by molar-refractivity contribution is 0.0601. The fourth-order valence-electron chi connectivity index (χ4n) is 3.07. The quantitative estimate of drug-likeness (QED) is 0.660. The van der Waals surface area contributed by atoms with Gasteiger partial charge in [-0.05, 0) is 24.3 Å². The lowest BCUT2D eigenvalue weighted by Crippen LogP contribution is -2.30. The number of ether oxygens (including phenoxy) is 3. The number of pyridine rings is 2. The molecule has 4 rings (SSSR count). The van der Waals surface area contributed by atoms with E-state index < -0.39 is 0 Å². The predicted molar refractivity (Wildman–Crippen MR) is 109 cm³/mol. The first kappa shape index (κ1) is 18.5.